The zero-order chi connectivity index (χ0) is 17.9. The Balaban J connectivity index is 1.38. The van der Waals surface area contributed by atoms with Crippen LogP contribution >= 0.6 is 0 Å². The van der Waals surface area contributed by atoms with Crippen LogP contribution in [0.1, 0.15) is 23.0 Å². The molecular weight excluding hydrogens is 330 g/mol. The second-order valence-corrected chi connectivity index (χ2v) is 6.44. The number of rotatable bonds is 4. The predicted molar refractivity (Wildman–Crippen MR) is 97.3 cm³/mol. The maximum Gasteiger partial charge on any atom is 0.254 e. The average molecular weight is 351 g/mol. The Bertz CT molecular complexity index is 871. The number of fused-ring (bicyclic) bond motifs is 1. The minimum atomic E-state index is 0.0343. The third kappa shape index (κ3) is 3.55. The zero-order valence-electron chi connectivity index (χ0n) is 14.7. The first kappa shape index (κ1) is 16.6. The van der Waals surface area contributed by atoms with Crippen LogP contribution in [0.4, 0.5) is 0 Å². The van der Waals surface area contributed by atoms with E-state index in [2.05, 4.69) is 4.98 Å². The van der Waals surface area contributed by atoms with Crippen LogP contribution < -0.4 is 4.74 Å². The smallest absolute Gasteiger partial charge is 0.254 e. The lowest BCUT2D eigenvalue weighted by molar-refractivity contribution is -0.0124. The third-order valence-electron chi connectivity index (χ3n) is 4.43. The molecule has 0 saturated carbocycles. The highest BCUT2D eigenvalue weighted by Gasteiger charge is 2.22. The van der Waals surface area contributed by atoms with Crippen LogP contribution in [0.15, 0.2) is 54.9 Å². The molecule has 0 N–H and O–H groups in total. The van der Waals surface area contributed by atoms with Crippen molar-refractivity contribution in [1.82, 2.24) is 14.3 Å². The molecule has 134 valence electrons. The fourth-order valence-corrected chi connectivity index (χ4v) is 3.09. The number of morpholine rings is 1. The lowest BCUT2D eigenvalue weighted by atomic mass is 10.1. The second kappa shape index (κ2) is 7.17. The normalized spacial score (nSPS) is 17.4. The molecule has 3 heterocycles. The molecule has 0 bridgehead atoms. The molecule has 1 aliphatic heterocycles. The van der Waals surface area contributed by atoms with Crippen LogP contribution in [0, 0.1) is 0 Å². The Hall–Kier alpha value is -2.86. The molecule has 1 aliphatic rings. The summed E-state index contributed by atoms with van der Waals surface area (Å²) in [7, 11) is 0. The second-order valence-electron chi connectivity index (χ2n) is 6.44. The van der Waals surface area contributed by atoms with Crippen molar-refractivity contribution >= 4 is 11.6 Å². The van der Waals surface area contributed by atoms with E-state index in [9.17, 15) is 4.79 Å². The van der Waals surface area contributed by atoms with Crippen molar-refractivity contribution in [3.63, 3.8) is 0 Å². The van der Waals surface area contributed by atoms with Crippen molar-refractivity contribution in [3.05, 3.63) is 66.1 Å². The van der Waals surface area contributed by atoms with Crippen molar-refractivity contribution in [1.29, 1.82) is 0 Å². The van der Waals surface area contributed by atoms with Gasteiger partial charge in [0.25, 0.3) is 5.91 Å². The predicted octanol–water partition coefficient (Wildman–Crippen LogP) is 2.77. The largest absolute Gasteiger partial charge is 0.487 e. The summed E-state index contributed by atoms with van der Waals surface area (Å²) < 4.78 is 13.2. The van der Waals surface area contributed by atoms with Crippen molar-refractivity contribution < 1.29 is 14.3 Å². The fourth-order valence-electron chi connectivity index (χ4n) is 3.09. The van der Waals surface area contributed by atoms with Crippen molar-refractivity contribution in [3.8, 4) is 5.75 Å². The van der Waals surface area contributed by atoms with Gasteiger partial charge < -0.3 is 18.8 Å². The first-order valence-corrected chi connectivity index (χ1v) is 8.75. The molecule has 26 heavy (non-hydrogen) atoms. The SMILES string of the molecule is C[C@@H]1CN(C(=O)c2ccc(OCc3cn4ccccc4n3)cc2)CCO1. The summed E-state index contributed by atoms with van der Waals surface area (Å²) in [6, 6.07) is 13.1. The molecule has 1 atom stereocenters. The maximum atomic E-state index is 12.6. The molecule has 1 saturated heterocycles. The molecule has 2 aromatic heterocycles. The van der Waals surface area contributed by atoms with E-state index < -0.39 is 0 Å². The van der Waals surface area contributed by atoms with Gasteiger partial charge in [0.1, 0.15) is 18.0 Å². The maximum absolute atomic E-state index is 12.6. The summed E-state index contributed by atoms with van der Waals surface area (Å²) >= 11 is 0. The molecule has 6 heteroatoms. The monoisotopic (exact) mass is 351 g/mol. The van der Waals surface area contributed by atoms with Gasteiger partial charge in [-0.2, -0.15) is 0 Å². The number of aromatic nitrogens is 2. The Morgan fingerprint density at radius 2 is 2.12 bits per heavy atom. The van der Waals surface area contributed by atoms with E-state index >= 15 is 0 Å². The van der Waals surface area contributed by atoms with E-state index in [0.717, 1.165) is 11.3 Å². The lowest BCUT2D eigenvalue weighted by Gasteiger charge is -2.31. The number of amides is 1. The lowest BCUT2D eigenvalue weighted by Crippen LogP contribution is -2.44. The summed E-state index contributed by atoms with van der Waals surface area (Å²) in [5.41, 5.74) is 2.42. The van der Waals surface area contributed by atoms with Gasteiger partial charge in [-0.15, -0.1) is 0 Å². The highest BCUT2D eigenvalue weighted by atomic mass is 16.5. The molecular formula is C20H21N3O3. The van der Waals surface area contributed by atoms with Gasteiger partial charge in [-0.25, -0.2) is 4.98 Å². The van der Waals surface area contributed by atoms with Crippen molar-refractivity contribution in [2.45, 2.75) is 19.6 Å². The fraction of sp³-hybridized carbons (Fsp3) is 0.300. The van der Waals surface area contributed by atoms with Crippen LogP contribution in [-0.4, -0.2) is 46.0 Å². The van der Waals surface area contributed by atoms with Crippen LogP contribution in [0.5, 0.6) is 5.75 Å². The highest BCUT2D eigenvalue weighted by Crippen LogP contribution is 2.17. The number of hydrogen-bond acceptors (Lipinski definition) is 4. The Morgan fingerprint density at radius 1 is 1.27 bits per heavy atom. The average Bonchev–Trinajstić information content (AvgIpc) is 3.09. The summed E-state index contributed by atoms with van der Waals surface area (Å²) in [5.74, 6) is 0.751. The van der Waals surface area contributed by atoms with Crippen molar-refractivity contribution in [2.24, 2.45) is 0 Å². The molecule has 1 fully saturated rings. The van der Waals surface area contributed by atoms with Gasteiger partial charge in [0.2, 0.25) is 0 Å². The Kier molecular flexibility index (Phi) is 4.58. The summed E-state index contributed by atoms with van der Waals surface area (Å²) in [6.07, 6.45) is 3.99. The molecule has 0 radical (unpaired) electrons. The van der Waals surface area contributed by atoms with E-state index in [0.29, 0.717) is 37.6 Å². The van der Waals surface area contributed by atoms with E-state index in [1.165, 1.54) is 0 Å². The number of ether oxygens (including phenoxy) is 2. The van der Waals surface area contributed by atoms with E-state index in [1.54, 1.807) is 0 Å². The van der Waals surface area contributed by atoms with Crippen LogP contribution in [0.3, 0.4) is 0 Å². The van der Waals surface area contributed by atoms with Gasteiger partial charge in [0.15, 0.2) is 0 Å². The number of benzene rings is 1. The van der Waals surface area contributed by atoms with E-state index in [-0.39, 0.29) is 12.0 Å². The number of imidazole rings is 1. The number of hydrogen-bond donors (Lipinski definition) is 0. The van der Waals surface area contributed by atoms with Gasteiger partial charge in [0.05, 0.1) is 18.4 Å². The number of carbonyl (C=O) groups excluding carboxylic acids is 1. The first-order chi connectivity index (χ1) is 12.7. The molecule has 0 spiro atoms. The number of pyridine rings is 1. The molecule has 1 aromatic carbocycles. The van der Waals surface area contributed by atoms with Crippen molar-refractivity contribution in [2.75, 3.05) is 19.7 Å². The Labute approximate surface area is 152 Å². The Morgan fingerprint density at radius 3 is 2.88 bits per heavy atom. The van der Waals surface area contributed by atoms with Gasteiger partial charge >= 0.3 is 0 Å². The quantitative estimate of drug-likeness (QED) is 0.725. The van der Waals surface area contributed by atoms with Gasteiger partial charge in [-0.05, 0) is 43.3 Å². The van der Waals surface area contributed by atoms with Crippen LogP contribution in [0.2, 0.25) is 0 Å². The molecule has 4 rings (SSSR count). The molecule has 0 aliphatic carbocycles. The molecule has 6 nitrogen and oxygen atoms in total. The summed E-state index contributed by atoms with van der Waals surface area (Å²) in [5, 5.41) is 0. The first-order valence-electron chi connectivity index (χ1n) is 8.75. The van der Waals surface area contributed by atoms with Gasteiger partial charge in [-0.1, -0.05) is 6.07 Å². The third-order valence-corrected chi connectivity index (χ3v) is 4.43. The minimum absolute atomic E-state index is 0.0343. The zero-order valence-corrected chi connectivity index (χ0v) is 14.7. The van der Waals surface area contributed by atoms with E-state index in [1.807, 2.05) is 71.1 Å². The number of nitrogens with zero attached hydrogens (tertiary/aromatic N) is 3. The van der Waals surface area contributed by atoms with Crippen LogP contribution in [0.25, 0.3) is 5.65 Å². The van der Waals surface area contributed by atoms with Gasteiger partial charge in [-0.3, -0.25) is 4.79 Å². The molecule has 0 unspecified atom stereocenters. The number of carbonyl (C=O) groups is 1. The molecule has 1 amide bonds. The summed E-state index contributed by atoms with van der Waals surface area (Å²) in [6.45, 7) is 4.22. The topological polar surface area (TPSA) is 56.1 Å². The highest BCUT2D eigenvalue weighted by molar-refractivity contribution is 5.94. The van der Waals surface area contributed by atoms with Gasteiger partial charge in [0, 0.05) is 31.0 Å². The standard InChI is InChI=1S/C20H21N3O3/c1-15-12-23(10-11-25-15)20(24)16-5-7-18(8-6-16)26-14-17-13-22-9-3-2-4-19(22)21-17/h2-9,13,15H,10-12,14H2,1H3/t15-/m1/s1. The summed E-state index contributed by atoms with van der Waals surface area (Å²) in [4.78, 5) is 18.9. The minimum Gasteiger partial charge on any atom is -0.487 e. The van der Waals surface area contributed by atoms with Crippen LogP contribution in [-0.2, 0) is 11.3 Å². The molecule has 3 aromatic rings. The van der Waals surface area contributed by atoms with E-state index in [4.69, 9.17) is 9.47 Å².